The molecule has 0 radical (unpaired) electrons. The van der Waals surface area contributed by atoms with E-state index in [0.29, 0.717) is 6.42 Å². The first-order chi connectivity index (χ1) is 7.59. The summed E-state index contributed by atoms with van der Waals surface area (Å²) in [5, 5.41) is 0. The fourth-order valence-corrected chi connectivity index (χ4v) is 2.14. The normalized spacial score (nSPS) is 21.2. The van der Waals surface area contributed by atoms with E-state index < -0.39 is 0 Å². The van der Waals surface area contributed by atoms with Crippen LogP contribution < -0.4 is 0 Å². The van der Waals surface area contributed by atoms with Crippen molar-refractivity contribution in [1.82, 2.24) is 4.90 Å². The molecule has 0 saturated carbocycles. The molecule has 0 amide bonds. The molecule has 0 aromatic rings. The Kier molecular flexibility index (Phi) is 2.82. The quantitative estimate of drug-likeness (QED) is 0.595. The van der Waals surface area contributed by atoms with Gasteiger partial charge in [-0.15, -0.1) is 0 Å². The molecule has 1 nitrogen and oxygen atoms in total. The third kappa shape index (κ3) is 1.87. The highest BCUT2D eigenvalue weighted by molar-refractivity contribution is 5.53. The Bertz CT molecular complexity index is 449. The molecule has 1 aliphatic heterocycles. The van der Waals surface area contributed by atoms with Gasteiger partial charge in [-0.1, -0.05) is 12.7 Å². The number of nitrogens with zero attached hydrogens (tertiary/aromatic N) is 1. The van der Waals surface area contributed by atoms with Gasteiger partial charge in [-0.25, -0.2) is 4.39 Å². The average molecular weight is 217 g/mol. The zero-order valence-corrected chi connectivity index (χ0v) is 9.76. The predicted molar refractivity (Wildman–Crippen MR) is 65.3 cm³/mol. The van der Waals surface area contributed by atoms with Crippen LogP contribution in [-0.2, 0) is 0 Å². The van der Waals surface area contributed by atoms with Crippen molar-refractivity contribution in [2.45, 2.75) is 19.8 Å². The smallest absolute Gasteiger partial charge is 0.120 e. The van der Waals surface area contributed by atoms with Crippen LogP contribution in [0.5, 0.6) is 0 Å². The van der Waals surface area contributed by atoms with Gasteiger partial charge in [0.25, 0.3) is 0 Å². The van der Waals surface area contributed by atoms with E-state index in [1.807, 2.05) is 25.1 Å². The summed E-state index contributed by atoms with van der Waals surface area (Å²) in [6.07, 6.45) is 8.73. The van der Waals surface area contributed by atoms with Crippen molar-refractivity contribution >= 4 is 0 Å². The molecule has 2 aliphatic rings. The van der Waals surface area contributed by atoms with Gasteiger partial charge in [0, 0.05) is 24.5 Å². The Morgan fingerprint density at radius 1 is 1.38 bits per heavy atom. The molecule has 0 fully saturated rings. The van der Waals surface area contributed by atoms with Gasteiger partial charge < -0.3 is 4.90 Å². The van der Waals surface area contributed by atoms with Gasteiger partial charge in [0.05, 0.1) is 0 Å². The van der Waals surface area contributed by atoms with Crippen LogP contribution in [-0.4, -0.2) is 11.9 Å². The molecule has 1 heterocycles. The van der Waals surface area contributed by atoms with Gasteiger partial charge in [0.15, 0.2) is 0 Å². The Hall–Kier alpha value is -1.57. The minimum absolute atomic E-state index is 0.166. The molecule has 0 aromatic carbocycles. The maximum Gasteiger partial charge on any atom is 0.120 e. The summed E-state index contributed by atoms with van der Waals surface area (Å²) in [6.45, 7) is 6.07. The minimum atomic E-state index is -0.166. The summed E-state index contributed by atoms with van der Waals surface area (Å²) < 4.78 is 13.5. The van der Waals surface area contributed by atoms with Gasteiger partial charge in [-0.2, -0.15) is 0 Å². The number of likely N-dealkylation sites (N-methyl/N-ethyl adjacent to an activating group) is 1. The lowest BCUT2D eigenvalue weighted by Gasteiger charge is -2.21. The molecule has 2 rings (SSSR count). The summed E-state index contributed by atoms with van der Waals surface area (Å²) in [5.74, 6) is -0.166. The van der Waals surface area contributed by atoms with E-state index >= 15 is 0 Å². The van der Waals surface area contributed by atoms with Crippen LogP contribution in [0.15, 0.2) is 59.3 Å². The highest BCUT2D eigenvalue weighted by Crippen LogP contribution is 2.33. The van der Waals surface area contributed by atoms with Crippen LogP contribution in [0.3, 0.4) is 0 Å². The average Bonchev–Trinajstić information content (AvgIpc) is 2.45. The lowest BCUT2D eigenvalue weighted by molar-refractivity contribution is 0.574. The molecule has 0 aromatic heterocycles. The number of fused-ring (bicyclic) bond motifs is 1. The van der Waals surface area contributed by atoms with Gasteiger partial charge in [0.2, 0.25) is 0 Å². The van der Waals surface area contributed by atoms with E-state index in [4.69, 9.17) is 0 Å². The van der Waals surface area contributed by atoms with E-state index in [1.165, 1.54) is 5.57 Å². The molecule has 1 aliphatic carbocycles. The van der Waals surface area contributed by atoms with Crippen LogP contribution in [0.1, 0.15) is 19.8 Å². The SMILES string of the molecule is C=C1CC=CN(C)C2=C(C)CC=C(F)C=C12. The first-order valence-corrected chi connectivity index (χ1v) is 5.44. The summed E-state index contributed by atoms with van der Waals surface area (Å²) in [6, 6.07) is 0. The van der Waals surface area contributed by atoms with E-state index in [1.54, 1.807) is 12.2 Å². The fourth-order valence-electron chi connectivity index (χ4n) is 2.14. The van der Waals surface area contributed by atoms with Crippen LogP contribution in [0.25, 0.3) is 0 Å². The van der Waals surface area contributed by atoms with E-state index in [0.717, 1.165) is 23.3 Å². The van der Waals surface area contributed by atoms with Crippen LogP contribution in [0.4, 0.5) is 4.39 Å². The first kappa shape index (κ1) is 10.9. The maximum absolute atomic E-state index is 13.5. The summed E-state index contributed by atoms with van der Waals surface area (Å²) >= 11 is 0. The molecule has 2 heteroatoms. The third-order valence-electron chi connectivity index (χ3n) is 2.97. The van der Waals surface area contributed by atoms with Crippen LogP contribution in [0.2, 0.25) is 0 Å². The number of hydrogen-bond acceptors (Lipinski definition) is 1. The Balaban J connectivity index is 2.59. The molecular weight excluding hydrogens is 201 g/mol. The number of rotatable bonds is 0. The second-order valence-corrected chi connectivity index (χ2v) is 4.28. The van der Waals surface area contributed by atoms with Crippen molar-refractivity contribution < 1.29 is 4.39 Å². The van der Waals surface area contributed by atoms with Crippen molar-refractivity contribution in [2.24, 2.45) is 0 Å². The lowest BCUT2D eigenvalue weighted by Crippen LogP contribution is -2.13. The van der Waals surface area contributed by atoms with E-state index in [9.17, 15) is 4.39 Å². The highest BCUT2D eigenvalue weighted by atomic mass is 19.1. The maximum atomic E-state index is 13.5. The van der Waals surface area contributed by atoms with Crippen molar-refractivity contribution in [2.75, 3.05) is 7.05 Å². The Morgan fingerprint density at radius 3 is 2.88 bits per heavy atom. The number of allylic oxidation sites excluding steroid dienone is 6. The second kappa shape index (κ2) is 4.12. The molecule has 16 heavy (non-hydrogen) atoms. The van der Waals surface area contributed by atoms with Crippen molar-refractivity contribution in [3.05, 3.63) is 59.3 Å². The summed E-state index contributed by atoms with van der Waals surface area (Å²) in [4.78, 5) is 2.05. The molecule has 0 bridgehead atoms. The topological polar surface area (TPSA) is 3.24 Å². The lowest BCUT2D eigenvalue weighted by atomic mass is 9.99. The van der Waals surface area contributed by atoms with Crippen molar-refractivity contribution in [3.8, 4) is 0 Å². The molecule has 0 unspecified atom stereocenters. The predicted octanol–water partition coefficient (Wildman–Crippen LogP) is 3.85. The fraction of sp³-hybridized carbons (Fsp3) is 0.286. The van der Waals surface area contributed by atoms with E-state index in [-0.39, 0.29) is 5.83 Å². The zero-order valence-electron chi connectivity index (χ0n) is 9.76. The number of halogens is 1. The second-order valence-electron chi connectivity index (χ2n) is 4.28. The van der Waals surface area contributed by atoms with Gasteiger partial charge in [-0.05, 0) is 43.1 Å². The summed E-state index contributed by atoms with van der Waals surface area (Å²) in [7, 11) is 1.99. The largest absolute Gasteiger partial charge is 0.351 e. The van der Waals surface area contributed by atoms with Gasteiger partial charge in [-0.3, -0.25) is 0 Å². The Labute approximate surface area is 95.9 Å². The monoisotopic (exact) mass is 217 g/mol. The number of hydrogen-bond donors (Lipinski definition) is 0. The third-order valence-corrected chi connectivity index (χ3v) is 2.97. The van der Waals surface area contributed by atoms with Gasteiger partial charge >= 0.3 is 0 Å². The molecule has 0 spiro atoms. The van der Waals surface area contributed by atoms with Crippen LogP contribution >= 0.6 is 0 Å². The summed E-state index contributed by atoms with van der Waals surface area (Å²) in [5.41, 5.74) is 4.16. The van der Waals surface area contributed by atoms with Crippen molar-refractivity contribution in [3.63, 3.8) is 0 Å². The van der Waals surface area contributed by atoms with Crippen molar-refractivity contribution in [1.29, 1.82) is 0 Å². The van der Waals surface area contributed by atoms with Crippen LogP contribution in [0, 0.1) is 0 Å². The van der Waals surface area contributed by atoms with E-state index in [2.05, 4.69) is 12.7 Å². The molecular formula is C14H16FN. The minimum Gasteiger partial charge on any atom is -0.351 e. The zero-order chi connectivity index (χ0) is 11.7. The van der Waals surface area contributed by atoms with Gasteiger partial charge in [0.1, 0.15) is 5.83 Å². The first-order valence-electron chi connectivity index (χ1n) is 5.44. The molecule has 0 atom stereocenters. The molecule has 0 saturated heterocycles. The highest BCUT2D eigenvalue weighted by Gasteiger charge is 2.19. The Morgan fingerprint density at radius 2 is 2.12 bits per heavy atom. The standard InChI is InChI=1S/C14H16FN/c1-10-5-4-8-16(3)14-11(2)6-7-12(15)9-13(10)14/h4,7-9H,1,5-6H2,2-3H3. The molecule has 0 N–H and O–H groups in total. The molecule has 84 valence electrons.